The van der Waals surface area contributed by atoms with E-state index >= 15 is 0 Å². The van der Waals surface area contributed by atoms with Gasteiger partial charge in [0.25, 0.3) is 0 Å². The number of hydrogen-bond donors (Lipinski definition) is 0. The van der Waals surface area contributed by atoms with Crippen LogP contribution in [-0.2, 0) is 20.5 Å². The van der Waals surface area contributed by atoms with Gasteiger partial charge >= 0.3 is 0 Å². The summed E-state index contributed by atoms with van der Waals surface area (Å²) in [5.74, 6) is 2.02. The van der Waals surface area contributed by atoms with E-state index in [0.29, 0.717) is 6.42 Å². The Bertz CT molecular complexity index is 1450. The van der Waals surface area contributed by atoms with Crippen molar-refractivity contribution in [2.45, 2.75) is 20.3 Å². The molecular formula is C23H22N6. The van der Waals surface area contributed by atoms with Crippen molar-refractivity contribution in [1.82, 2.24) is 27.9 Å². The largest absolute Gasteiger partial charge is 0.327 e. The molecule has 144 valence electrons. The van der Waals surface area contributed by atoms with Gasteiger partial charge in [-0.05, 0) is 38.1 Å². The van der Waals surface area contributed by atoms with Gasteiger partial charge in [-0.1, -0.05) is 24.3 Å². The number of aromatic nitrogens is 6. The van der Waals surface area contributed by atoms with Crippen LogP contribution < -0.4 is 0 Å². The van der Waals surface area contributed by atoms with Crippen LogP contribution in [0.25, 0.3) is 33.4 Å². The molecule has 0 aliphatic carbocycles. The van der Waals surface area contributed by atoms with Crippen molar-refractivity contribution in [1.29, 1.82) is 0 Å². The Hall–Kier alpha value is -3.54. The van der Waals surface area contributed by atoms with E-state index in [0.717, 1.165) is 34.3 Å². The molecule has 29 heavy (non-hydrogen) atoms. The third-order valence-electron chi connectivity index (χ3n) is 6.12. The molecule has 0 unspecified atom stereocenters. The molecule has 0 aliphatic heterocycles. The molecule has 0 aliphatic rings. The predicted octanol–water partition coefficient (Wildman–Crippen LogP) is 4.17. The average Bonchev–Trinajstić information content (AvgIpc) is 3.40. The van der Waals surface area contributed by atoms with Crippen molar-refractivity contribution < 1.29 is 0 Å². The first kappa shape index (κ1) is 16.4. The van der Waals surface area contributed by atoms with Crippen LogP contribution in [0.15, 0.2) is 48.5 Å². The molecular weight excluding hydrogens is 360 g/mol. The van der Waals surface area contributed by atoms with E-state index in [2.05, 4.69) is 94.4 Å². The minimum atomic E-state index is 0.697. The zero-order valence-electron chi connectivity index (χ0n) is 17.0. The normalized spacial score (nSPS) is 12.3. The summed E-state index contributed by atoms with van der Waals surface area (Å²) in [4.78, 5) is 9.88. The van der Waals surface area contributed by atoms with Gasteiger partial charge < -0.3 is 9.13 Å². The molecule has 6 nitrogen and oxygen atoms in total. The van der Waals surface area contributed by atoms with E-state index in [9.17, 15) is 0 Å². The van der Waals surface area contributed by atoms with Crippen molar-refractivity contribution in [2.24, 2.45) is 14.1 Å². The molecule has 0 spiro atoms. The van der Waals surface area contributed by atoms with Crippen LogP contribution in [0.3, 0.4) is 0 Å². The summed E-state index contributed by atoms with van der Waals surface area (Å²) >= 11 is 0. The average molecular weight is 382 g/mol. The fraction of sp³-hybridized carbons (Fsp3) is 0.217. The van der Waals surface area contributed by atoms with E-state index < -0.39 is 0 Å². The van der Waals surface area contributed by atoms with Gasteiger partial charge in [0, 0.05) is 20.5 Å². The first-order valence-electron chi connectivity index (χ1n) is 9.89. The molecule has 6 aromatic rings. The Kier molecular flexibility index (Phi) is 3.12. The molecule has 0 saturated carbocycles. The third-order valence-corrected chi connectivity index (χ3v) is 6.12. The molecule has 0 radical (unpaired) electrons. The van der Waals surface area contributed by atoms with Crippen molar-refractivity contribution in [3.05, 3.63) is 71.6 Å². The Morgan fingerprint density at radius 1 is 0.621 bits per heavy atom. The molecule has 0 atom stereocenters. The van der Waals surface area contributed by atoms with Crippen LogP contribution in [0, 0.1) is 13.8 Å². The number of benzene rings is 2. The minimum absolute atomic E-state index is 0.697. The summed E-state index contributed by atoms with van der Waals surface area (Å²) in [7, 11) is 4.24. The second-order valence-corrected chi connectivity index (χ2v) is 7.80. The van der Waals surface area contributed by atoms with E-state index in [1.54, 1.807) is 0 Å². The molecule has 6 rings (SSSR count). The lowest BCUT2D eigenvalue weighted by Crippen LogP contribution is -1.98. The highest BCUT2D eigenvalue weighted by molar-refractivity contribution is 5.84. The minimum Gasteiger partial charge on any atom is -0.327 e. The van der Waals surface area contributed by atoms with Gasteiger partial charge in [-0.2, -0.15) is 0 Å². The lowest BCUT2D eigenvalue weighted by molar-refractivity contribution is 0.953. The zero-order valence-corrected chi connectivity index (χ0v) is 17.0. The van der Waals surface area contributed by atoms with E-state index in [4.69, 9.17) is 9.97 Å². The smallest absolute Gasteiger partial charge is 0.141 e. The first-order chi connectivity index (χ1) is 14.1. The number of rotatable bonds is 2. The molecule has 0 amide bonds. The zero-order chi connectivity index (χ0) is 19.9. The summed E-state index contributed by atoms with van der Waals surface area (Å²) in [6.45, 7) is 4.15. The summed E-state index contributed by atoms with van der Waals surface area (Å²) in [5.41, 5.74) is 9.21. The summed E-state index contributed by atoms with van der Waals surface area (Å²) < 4.78 is 9.00. The molecule has 0 fully saturated rings. The highest BCUT2D eigenvalue weighted by atomic mass is 15.2. The van der Waals surface area contributed by atoms with E-state index in [1.165, 1.54) is 22.1 Å². The second kappa shape index (κ2) is 5.50. The van der Waals surface area contributed by atoms with Gasteiger partial charge in [0.2, 0.25) is 0 Å². The van der Waals surface area contributed by atoms with Crippen LogP contribution in [0.1, 0.15) is 23.0 Å². The van der Waals surface area contributed by atoms with Crippen LogP contribution >= 0.6 is 0 Å². The molecule has 0 N–H and O–H groups in total. The number of aryl methyl sites for hydroxylation is 4. The van der Waals surface area contributed by atoms with Gasteiger partial charge in [0.1, 0.15) is 22.9 Å². The van der Waals surface area contributed by atoms with Crippen LogP contribution in [0.2, 0.25) is 0 Å². The quantitative estimate of drug-likeness (QED) is 0.451. The number of nitrogens with zero attached hydrogens (tertiary/aromatic N) is 6. The molecule has 2 aromatic carbocycles. The van der Waals surface area contributed by atoms with Crippen LogP contribution in [-0.4, -0.2) is 27.9 Å². The summed E-state index contributed by atoms with van der Waals surface area (Å²) in [6.07, 6.45) is 0.697. The second-order valence-electron chi connectivity index (χ2n) is 7.80. The van der Waals surface area contributed by atoms with Gasteiger partial charge in [0.15, 0.2) is 0 Å². The van der Waals surface area contributed by atoms with Crippen LogP contribution in [0.5, 0.6) is 0 Å². The Morgan fingerprint density at radius 2 is 1.00 bits per heavy atom. The highest BCUT2D eigenvalue weighted by Crippen LogP contribution is 2.29. The molecule has 4 heterocycles. The van der Waals surface area contributed by atoms with Gasteiger partial charge in [-0.15, -0.1) is 0 Å². The Balaban J connectivity index is 1.62. The van der Waals surface area contributed by atoms with Gasteiger partial charge in [-0.25, -0.2) is 9.97 Å². The number of para-hydroxylation sites is 4. The third kappa shape index (κ3) is 2.00. The van der Waals surface area contributed by atoms with Crippen molar-refractivity contribution in [3.63, 3.8) is 0 Å². The fourth-order valence-electron chi connectivity index (χ4n) is 4.92. The maximum absolute atomic E-state index is 4.94. The number of hydrogen-bond acceptors (Lipinski definition) is 2. The Morgan fingerprint density at radius 3 is 1.41 bits per heavy atom. The van der Waals surface area contributed by atoms with Crippen molar-refractivity contribution in [3.8, 4) is 0 Å². The maximum atomic E-state index is 4.94. The van der Waals surface area contributed by atoms with Crippen molar-refractivity contribution >= 4 is 33.4 Å². The van der Waals surface area contributed by atoms with Crippen molar-refractivity contribution in [2.75, 3.05) is 0 Å². The molecule has 4 aromatic heterocycles. The maximum Gasteiger partial charge on any atom is 0.141 e. The van der Waals surface area contributed by atoms with E-state index in [-0.39, 0.29) is 0 Å². The first-order valence-corrected chi connectivity index (χ1v) is 9.89. The monoisotopic (exact) mass is 382 g/mol. The number of fused-ring (bicyclic) bond motifs is 6. The Labute approximate surface area is 167 Å². The highest BCUT2D eigenvalue weighted by Gasteiger charge is 2.21. The fourth-order valence-corrected chi connectivity index (χ4v) is 4.92. The lowest BCUT2D eigenvalue weighted by Gasteiger charge is -2.01. The van der Waals surface area contributed by atoms with Gasteiger partial charge in [0.05, 0.1) is 33.5 Å². The molecule has 6 heteroatoms. The molecule has 0 bridgehead atoms. The number of imidazole rings is 4. The summed E-state index contributed by atoms with van der Waals surface area (Å²) in [5, 5.41) is 0. The molecule has 0 saturated heterocycles. The van der Waals surface area contributed by atoms with Gasteiger partial charge in [-0.3, -0.25) is 8.80 Å². The SMILES string of the molecule is Cc1nc(Cc2nc(C)n3c4ccccc4n(C)c23)c2n(C)c3ccccc3n12. The van der Waals surface area contributed by atoms with Crippen LogP contribution in [0.4, 0.5) is 0 Å². The van der Waals surface area contributed by atoms with E-state index in [1.807, 2.05) is 0 Å². The summed E-state index contributed by atoms with van der Waals surface area (Å²) in [6, 6.07) is 17.0. The topological polar surface area (TPSA) is 44.5 Å². The predicted molar refractivity (Wildman–Crippen MR) is 116 cm³/mol. The standard InChI is InChI=1S/C23H22N6/c1-14-24-16(22-26(3)18-9-5-7-11-20(18)28(14)22)13-17-23-27(4)19-10-6-8-12-21(19)29(23)15(2)25-17/h5-12H,13H2,1-4H3. The lowest BCUT2D eigenvalue weighted by atomic mass is 10.2.